The summed E-state index contributed by atoms with van der Waals surface area (Å²) < 4.78 is 1.66. The summed E-state index contributed by atoms with van der Waals surface area (Å²) in [4.78, 5) is 26.5. The molecule has 0 bridgehead atoms. The second-order valence-corrected chi connectivity index (χ2v) is 7.97. The highest BCUT2D eigenvalue weighted by molar-refractivity contribution is 5.92. The number of rotatable bonds is 5. The average Bonchev–Trinajstić information content (AvgIpc) is 3.54. The minimum atomic E-state index is -0.202. The number of aromatic nitrogens is 4. The van der Waals surface area contributed by atoms with Gasteiger partial charge < -0.3 is 10.2 Å². The lowest BCUT2D eigenvalue weighted by molar-refractivity contribution is 0.0915. The summed E-state index contributed by atoms with van der Waals surface area (Å²) in [6, 6.07) is 7.18. The Morgan fingerprint density at radius 3 is 2.39 bits per heavy atom. The molecule has 2 saturated carbocycles. The number of carbonyl (C=O) groups is 1. The monoisotopic (exact) mass is 382 g/mol. The van der Waals surface area contributed by atoms with E-state index in [1.54, 1.807) is 22.9 Å². The van der Waals surface area contributed by atoms with Crippen molar-refractivity contribution in [1.82, 2.24) is 25.3 Å². The number of hydrogen-bond acceptors (Lipinski definition) is 6. The molecule has 1 amide bonds. The number of carbonyl (C=O) groups excluding carboxylic acids is 1. The standard InChI is InChI=1S/C20H26N6O2/c1-25(2)18-11-9-17(22-23-18)20(28)21-14-5-7-15(8-6-14)26-19(27)12-10-16(24-26)13-3-4-13/h9-15H,3-8H2,1-2H3,(H,21,28). The maximum absolute atomic E-state index is 12.4. The van der Waals surface area contributed by atoms with Crippen molar-refractivity contribution in [3.63, 3.8) is 0 Å². The van der Waals surface area contributed by atoms with Gasteiger partial charge in [-0.25, -0.2) is 4.68 Å². The first-order chi connectivity index (χ1) is 13.5. The van der Waals surface area contributed by atoms with E-state index in [2.05, 4.69) is 20.6 Å². The van der Waals surface area contributed by atoms with Crippen LogP contribution in [0.2, 0.25) is 0 Å². The number of anilines is 1. The first kappa shape index (κ1) is 18.6. The van der Waals surface area contributed by atoms with Crippen LogP contribution in [0, 0.1) is 0 Å². The summed E-state index contributed by atoms with van der Waals surface area (Å²) in [6.07, 6.45) is 5.64. The van der Waals surface area contributed by atoms with Crippen LogP contribution in [0.1, 0.15) is 66.7 Å². The highest BCUT2D eigenvalue weighted by Gasteiger charge is 2.28. The zero-order valence-corrected chi connectivity index (χ0v) is 16.3. The van der Waals surface area contributed by atoms with E-state index >= 15 is 0 Å². The van der Waals surface area contributed by atoms with Gasteiger partial charge in [0.15, 0.2) is 11.5 Å². The summed E-state index contributed by atoms with van der Waals surface area (Å²) in [7, 11) is 3.76. The second kappa shape index (κ2) is 7.69. The van der Waals surface area contributed by atoms with Crippen molar-refractivity contribution in [2.24, 2.45) is 0 Å². The molecule has 8 nitrogen and oxygen atoms in total. The highest BCUT2D eigenvalue weighted by Crippen LogP contribution is 2.38. The Morgan fingerprint density at radius 2 is 1.79 bits per heavy atom. The molecule has 0 unspecified atom stereocenters. The molecule has 2 fully saturated rings. The van der Waals surface area contributed by atoms with Gasteiger partial charge in [0.25, 0.3) is 11.5 Å². The van der Waals surface area contributed by atoms with E-state index in [-0.39, 0.29) is 23.6 Å². The summed E-state index contributed by atoms with van der Waals surface area (Å²) in [5, 5.41) is 15.7. The van der Waals surface area contributed by atoms with Crippen LogP contribution in [0.15, 0.2) is 29.1 Å². The zero-order valence-electron chi connectivity index (χ0n) is 16.3. The molecule has 2 heterocycles. The van der Waals surface area contributed by atoms with E-state index in [4.69, 9.17) is 0 Å². The zero-order chi connectivity index (χ0) is 19.7. The van der Waals surface area contributed by atoms with Crippen molar-refractivity contribution in [3.05, 3.63) is 46.0 Å². The van der Waals surface area contributed by atoms with Crippen molar-refractivity contribution >= 4 is 11.7 Å². The van der Waals surface area contributed by atoms with E-state index in [0.717, 1.165) is 31.4 Å². The van der Waals surface area contributed by atoms with Crippen LogP contribution in [0.3, 0.4) is 0 Å². The maximum atomic E-state index is 12.4. The number of amides is 1. The predicted octanol–water partition coefficient (Wildman–Crippen LogP) is 1.89. The van der Waals surface area contributed by atoms with Crippen LogP contribution in [0.5, 0.6) is 0 Å². The molecule has 2 aromatic heterocycles. The summed E-state index contributed by atoms with van der Waals surface area (Å²) in [6.45, 7) is 0. The van der Waals surface area contributed by atoms with Gasteiger partial charge in [0.2, 0.25) is 0 Å². The van der Waals surface area contributed by atoms with E-state index in [0.29, 0.717) is 17.4 Å². The summed E-state index contributed by atoms with van der Waals surface area (Å²) in [5.41, 5.74) is 1.32. The average molecular weight is 382 g/mol. The van der Waals surface area contributed by atoms with Gasteiger partial charge in [0.05, 0.1) is 11.7 Å². The van der Waals surface area contributed by atoms with E-state index in [1.165, 1.54) is 12.8 Å². The molecular formula is C20H26N6O2. The lowest BCUT2D eigenvalue weighted by Gasteiger charge is -2.29. The van der Waals surface area contributed by atoms with Crippen LogP contribution in [-0.4, -0.2) is 46.0 Å². The molecule has 2 aliphatic rings. The Labute approximate surface area is 164 Å². The lowest BCUT2D eigenvalue weighted by atomic mass is 9.91. The quantitative estimate of drug-likeness (QED) is 0.849. The molecule has 28 heavy (non-hydrogen) atoms. The van der Waals surface area contributed by atoms with Crippen LogP contribution in [-0.2, 0) is 0 Å². The molecule has 0 radical (unpaired) electrons. The molecule has 0 aliphatic heterocycles. The lowest BCUT2D eigenvalue weighted by Crippen LogP contribution is -2.40. The molecular weight excluding hydrogens is 356 g/mol. The minimum absolute atomic E-state index is 0.0341. The highest BCUT2D eigenvalue weighted by atomic mass is 16.2. The SMILES string of the molecule is CN(C)c1ccc(C(=O)NC2CCC(n3nc(C4CC4)ccc3=O)CC2)nn1. The van der Waals surface area contributed by atoms with Crippen molar-refractivity contribution in [2.45, 2.75) is 56.5 Å². The topological polar surface area (TPSA) is 93.0 Å². The van der Waals surface area contributed by atoms with Crippen molar-refractivity contribution in [1.29, 1.82) is 0 Å². The smallest absolute Gasteiger partial charge is 0.272 e. The van der Waals surface area contributed by atoms with Gasteiger partial charge in [-0.1, -0.05) is 0 Å². The van der Waals surface area contributed by atoms with E-state index < -0.39 is 0 Å². The third-order valence-corrected chi connectivity index (χ3v) is 5.56. The second-order valence-electron chi connectivity index (χ2n) is 7.97. The first-order valence-electron chi connectivity index (χ1n) is 9.93. The predicted molar refractivity (Wildman–Crippen MR) is 106 cm³/mol. The van der Waals surface area contributed by atoms with Gasteiger partial charge >= 0.3 is 0 Å². The summed E-state index contributed by atoms with van der Waals surface area (Å²) in [5.74, 6) is 1.04. The Bertz CT molecular complexity index is 896. The van der Waals surface area contributed by atoms with Gasteiger partial charge in [-0.05, 0) is 56.7 Å². The minimum Gasteiger partial charge on any atom is -0.361 e. The molecule has 2 aromatic rings. The fourth-order valence-corrected chi connectivity index (χ4v) is 3.71. The van der Waals surface area contributed by atoms with Gasteiger partial charge in [0, 0.05) is 32.1 Å². The Hall–Kier alpha value is -2.77. The fourth-order valence-electron chi connectivity index (χ4n) is 3.71. The Morgan fingerprint density at radius 1 is 1.04 bits per heavy atom. The molecule has 0 aromatic carbocycles. The van der Waals surface area contributed by atoms with Gasteiger partial charge in [0.1, 0.15) is 0 Å². The molecule has 1 N–H and O–H groups in total. The fraction of sp³-hybridized carbons (Fsp3) is 0.550. The third kappa shape index (κ3) is 4.05. The molecule has 148 valence electrons. The number of hydrogen-bond donors (Lipinski definition) is 1. The molecule has 2 aliphatic carbocycles. The van der Waals surface area contributed by atoms with Crippen molar-refractivity contribution < 1.29 is 4.79 Å². The normalized spacial score (nSPS) is 21.9. The van der Waals surface area contributed by atoms with Crippen LogP contribution in [0.25, 0.3) is 0 Å². The molecule has 8 heteroatoms. The van der Waals surface area contributed by atoms with E-state index in [9.17, 15) is 9.59 Å². The molecule has 4 rings (SSSR count). The Kier molecular flexibility index (Phi) is 5.11. The first-order valence-corrected chi connectivity index (χ1v) is 9.93. The Balaban J connectivity index is 1.35. The summed E-state index contributed by atoms with van der Waals surface area (Å²) >= 11 is 0. The molecule has 0 atom stereocenters. The van der Waals surface area contributed by atoms with Gasteiger partial charge in [-0.15, -0.1) is 10.2 Å². The molecule has 0 spiro atoms. The number of nitrogens with zero attached hydrogens (tertiary/aromatic N) is 5. The van der Waals surface area contributed by atoms with Crippen molar-refractivity contribution in [2.75, 3.05) is 19.0 Å². The molecule has 0 saturated heterocycles. The van der Waals surface area contributed by atoms with Crippen molar-refractivity contribution in [3.8, 4) is 0 Å². The van der Waals surface area contributed by atoms with Crippen LogP contribution >= 0.6 is 0 Å². The van der Waals surface area contributed by atoms with Gasteiger partial charge in [-0.3, -0.25) is 9.59 Å². The van der Waals surface area contributed by atoms with Gasteiger partial charge in [-0.2, -0.15) is 5.10 Å². The van der Waals surface area contributed by atoms with E-state index in [1.807, 2.05) is 25.1 Å². The largest absolute Gasteiger partial charge is 0.361 e. The maximum Gasteiger partial charge on any atom is 0.272 e. The third-order valence-electron chi connectivity index (χ3n) is 5.56. The van der Waals surface area contributed by atoms with Crippen LogP contribution in [0.4, 0.5) is 5.82 Å². The van der Waals surface area contributed by atoms with Crippen LogP contribution < -0.4 is 15.8 Å². The number of nitrogens with one attached hydrogen (secondary N) is 1.